The van der Waals surface area contributed by atoms with E-state index in [1.165, 1.54) is 12.1 Å². The second-order valence-electron chi connectivity index (χ2n) is 8.52. The lowest BCUT2D eigenvalue weighted by Gasteiger charge is -2.15. The fourth-order valence-corrected chi connectivity index (χ4v) is 4.74. The molecule has 0 bridgehead atoms. The van der Waals surface area contributed by atoms with Gasteiger partial charge in [0.15, 0.2) is 0 Å². The summed E-state index contributed by atoms with van der Waals surface area (Å²) in [5.41, 5.74) is 8.87. The minimum Gasteiger partial charge on any atom is -0.447 e. The van der Waals surface area contributed by atoms with Crippen LogP contribution in [0.2, 0.25) is 5.02 Å². The van der Waals surface area contributed by atoms with Crippen molar-refractivity contribution in [1.82, 2.24) is 15.2 Å². The standard InChI is InChI=1S/C25H22ClFN4O3/c26-18-3-1-2-14(6-18)10-30-24(32)20-5-4-15(9-22(20)27)21-8-16(11-29-23(21)28)17-7-19-13-34-25(33)31(19)12-17/h1-6,8-9,11,17,19H,7,10,12-13H2,(H2,28,29)(H,30,32)/t17?,19-/m0/s1. The van der Waals surface area contributed by atoms with Crippen molar-refractivity contribution in [1.29, 1.82) is 0 Å². The Hall–Kier alpha value is -3.65. The lowest BCUT2D eigenvalue weighted by Crippen LogP contribution is -2.27. The molecule has 0 spiro atoms. The topological polar surface area (TPSA) is 97.6 Å². The third-order valence-electron chi connectivity index (χ3n) is 6.33. The largest absolute Gasteiger partial charge is 0.447 e. The van der Waals surface area contributed by atoms with Crippen LogP contribution in [0.1, 0.15) is 33.8 Å². The number of hydrogen-bond acceptors (Lipinski definition) is 5. The molecule has 9 heteroatoms. The summed E-state index contributed by atoms with van der Waals surface area (Å²) in [6, 6.07) is 13.4. The van der Waals surface area contributed by atoms with Gasteiger partial charge in [-0.05, 0) is 53.4 Å². The maximum Gasteiger partial charge on any atom is 0.410 e. The van der Waals surface area contributed by atoms with E-state index in [-0.39, 0.29) is 36.0 Å². The number of pyridine rings is 1. The van der Waals surface area contributed by atoms with Gasteiger partial charge in [0.25, 0.3) is 5.91 Å². The van der Waals surface area contributed by atoms with Crippen LogP contribution in [0.5, 0.6) is 0 Å². The fourth-order valence-electron chi connectivity index (χ4n) is 4.53. The first-order valence-corrected chi connectivity index (χ1v) is 11.3. The summed E-state index contributed by atoms with van der Waals surface area (Å²) in [6.45, 7) is 1.18. The number of nitrogen functional groups attached to an aromatic ring is 1. The van der Waals surface area contributed by atoms with E-state index in [4.69, 9.17) is 22.1 Å². The molecule has 2 saturated heterocycles. The predicted molar refractivity (Wildman–Crippen MR) is 126 cm³/mol. The van der Waals surface area contributed by atoms with Gasteiger partial charge in [0.05, 0.1) is 11.6 Å². The molecule has 34 heavy (non-hydrogen) atoms. The van der Waals surface area contributed by atoms with Crippen molar-refractivity contribution < 1.29 is 18.7 Å². The summed E-state index contributed by atoms with van der Waals surface area (Å²) >= 11 is 5.96. The zero-order valence-electron chi connectivity index (χ0n) is 18.1. The molecule has 174 valence electrons. The first kappa shape index (κ1) is 22.2. The second-order valence-corrected chi connectivity index (χ2v) is 8.96. The summed E-state index contributed by atoms with van der Waals surface area (Å²) in [4.78, 5) is 30.4. The van der Waals surface area contributed by atoms with Gasteiger partial charge in [-0.15, -0.1) is 0 Å². The van der Waals surface area contributed by atoms with Crippen molar-refractivity contribution in [2.75, 3.05) is 18.9 Å². The summed E-state index contributed by atoms with van der Waals surface area (Å²) in [5.74, 6) is -0.817. The minimum absolute atomic E-state index is 0.0663. The molecule has 3 heterocycles. The minimum atomic E-state index is -0.657. The molecule has 0 radical (unpaired) electrons. The number of halogens is 2. The number of aromatic nitrogens is 1. The quantitative estimate of drug-likeness (QED) is 0.565. The van der Waals surface area contributed by atoms with Crippen LogP contribution in [0.4, 0.5) is 15.0 Å². The number of benzene rings is 2. The Bertz CT molecular complexity index is 1280. The molecule has 2 aliphatic heterocycles. The van der Waals surface area contributed by atoms with Crippen LogP contribution in [0.3, 0.4) is 0 Å². The van der Waals surface area contributed by atoms with Crippen LogP contribution in [-0.2, 0) is 11.3 Å². The normalized spacial score (nSPS) is 19.1. The van der Waals surface area contributed by atoms with Gasteiger partial charge in [-0.3, -0.25) is 4.79 Å². The highest BCUT2D eigenvalue weighted by atomic mass is 35.5. The predicted octanol–water partition coefficient (Wildman–Crippen LogP) is 4.36. The van der Waals surface area contributed by atoms with Crippen molar-refractivity contribution in [2.24, 2.45) is 0 Å². The van der Waals surface area contributed by atoms with E-state index in [0.29, 0.717) is 29.3 Å². The van der Waals surface area contributed by atoms with Crippen molar-refractivity contribution >= 4 is 29.4 Å². The number of nitrogens with one attached hydrogen (secondary N) is 1. The highest BCUT2D eigenvalue weighted by molar-refractivity contribution is 6.30. The highest BCUT2D eigenvalue weighted by Gasteiger charge is 2.42. The highest BCUT2D eigenvalue weighted by Crippen LogP contribution is 2.37. The Kier molecular flexibility index (Phi) is 5.83. The molecule has 0 aliphatic carbocycles. The molecule has 3 aromatic rings. The molecular formula is C25H22ClFN4O3. The van der Waals surface area contributed by atoms with Gasteiger partial charge in [0, 0.05) is 35.8 Å². The van der Waals surface area contributed by atoms with Gasteiger partial charge < -0.3 is 20.7 Å². The molecule has 5 rings (SSSR count). The molecule has 0 saturated carbocycles. The Morgan fingerprint density at radius 3 is 2.88 bits per heavy atom. The van der Waals surface area contributed by atoms with Gasteiger partial charge in [-0.1, -0.05) is 29.8 Å². The van der Waals surface area contributed by atoms with Crippen LogP contribution in [0, 0.1) is 5.82 Å². The fraction of sp³-hybridized carbons (Fsp3) is 0.240. The van der Waals surface area contributed by atoms with E-state index < -0.39 is 11.7 Å². The molecular weight excluding hydrogens is 459 g/mol. The van der Waals surface area contributed by atoms with Gasteiger partial charge in [-0.25, -0.2) is 14.2 Å². The van der Waals surface area contributed by atoms with E-state index in [1.807, 2.05) is 12.1 Å². The number of anilines is 1. The van der Waals surface area contributed by atoms with Crippen molar-refractivity contribution in [2.45, 2.75) is 24.9 Å². The maximum atomic E-state index is 14.9. The van der Waals surface area contributed by atoms with Crippen molar-refractivity contribution in [3.05, 3.63) is 82.3 Å². The van der Waals surface area contributed by atoms with Crippen molar-refractivity contribution in [3.8, 4) is 11.1 Å². The zero-order chi connectivity index (χ0) is 23.8. The van der Waals surface area contributed by atoms with Gasteiger partial charge in [-0.2, -0.15) is 0 Å². The summed E-state index contributed by atoms with van der Waals surface area (Å²) in [6.07, 6.45) is 2.18. The number of carbonyl (C=O) groups is 2. The van der Waals surface area contributed by atoms with Gasteiger partial charge in [0.2, 0.25) is 0 Å². The Morgan fingerprint density at radius 2 is 2.12 bits per heavy atom. The van der Waals surface area contributed by atoms with Crippen LogP contribution < -0.4 is 11.1 Å². The molecule has 1 aromatic heterocycles. The lowest BCUT2D eigenvalue weighted by molar-refractivity contribution is 0.0947. The molecule has 1 unspecified atom stereocenters. The number of fused-ring (bicyclic) bond motifs is 1. The van der Waals surface area contributed by atoms with Crippen molar-refractivity contribution in [3.63, 3.8) is 0 Å². The third kappa shape index (κ3) is 4.28. The van der Waals surface area contributed by atoms with Gasteiger partial charge >= 0.3 is 6.09 Å². The number of hydrogen-bond donors (Lipinski definition) is 2. The molecule has 2 atom stereocenters. The average molecular weight is 481 g/mol. The molecule has 3 N–H and O–H groups in total. The Balaban J connectivity index is 1.33. The Labute approximate surface area is 200 Å². The molecule has 2 aliphatic rings. The van der Waals surface area contributed by atoms with Crippen LogP contribution in [0.15, 0.2) is 54.7 Å². The van der Waals surface area contributed by atoms with Crippen LogP contribution in [-0.4, -0.2) is 41.1 Å². The van der Waals surface area contributed by atoms with E-state index in [2.05, 4.69) is 10.3 Å². The first-order valence-electron chi connectivity index (χ1n) is 10.9. The Morgan fingerprint density at radius 1 is 1.26 bits per heavy atom. The molecule has 2 aromatic carbocycles. The number of nitrogens with two attached hydrogens (primary N) is 1. The second kappa shape index (κ2) is 8.95. The lowest BCUT2D eigenvalue weighted by atomic mass is 9.94. The number of cyclic esters (lactones) is 1. The maximum absolute atomic E-state index is 14.9. The number of rotatable bonds is 5. The summed E-state index contributed by atoms with van der Waals surface area (Å²) < 4.78 is 20.0. The number of carbonyl (C=O) groups excluding carboxylic acids is 2. The smallest absolute Gasteiger partial charge is 0.410 e. The average Bonchev–Trinajstić information content (AvgIpc) is 3.40. The number of ether oxygens (including phenoxy) is 1. The van der Waals surface area contributed by atoms with E-state index in [0.717, 1.165) is 17.5 Å². The molecule has 2 fully saturated rings. The van der Waals surface area contributed by atoms with E-state index in [1.54, 1.807) is 35.4 Å². The molecule has 7 nitrogen and oxygen atoms in total. The van der Waals surface area contributed by atoms with Gasteiger partial charge in [0.1, 0.15) is 18.2 Å². The number of nitrogens with zero attached hydrogens (tertiary/aromatic N) is 2. The summed E-state index contributed by atoms with van der Waals surface area (Å²) in [5, 5.41) is 3.27. The number of amides is 2. The first-order chi connectivity index (χ1) is 16.4. The van der Waals surface area contributed by atoms with Crippen LogP contribution in [0.25, 0.3) is 11.1 Å². The monoisotopic (exact) mass is 480 g/mol. The SMILES string of the molecule is Nc1ncc(C2C[C@H]3COC(=O)N3C2)cc1-c1ccc(C(=O)NCc2cccc(Cl)c2)c(F)c1. The van der Waals surface area contributed by atoms with E-state index >= 15 is 0 Å². The zero-order valence-corrected chi connectivity index (χ0v) is 18.9. The summed E-state index contributed by atoms with van der Waals surface area (Å²) in [7, 11) is 0. The molecule has 2 amide bonds. The third-order valence-corrected chi connectivity index (χ3v) is 6.56. The van der Waals surface area contributed by atoms with Crippen LogP contribution >= 0.6 is 11.6 Å². The van der Waals surface area contributed by atoms with E-state index in [9.17, 15) is 14.0 Å².